The summed E-state index contributed by atoms with van der Waals surface area (Å²) in [5.41, 5.74) is 2.69. The fourth-order valence-electron chi connectivity index (χ4n) is 2.67. The number of nitrogens with zero attached hydrogens (tertiary/aromatic N) is 1. The Morgan fingerprint density at radius 1 is 1.32 bits per heavy atom. The highest BCUT2D eigenvalue weighted by Crippen LogP contribution is 2.19. The summed E-state index contributed by atoms with van der Waals surface area (Å²) < 4.78 is 37.7. The summed E-state index contributed by atoms with van der Waals surface area (Å²) in [4.78, 5) is 4.14. The summed E-state index contributed by atoms with van der Waals surface area (Å²) in [5.74, 6) is 0. The van der Waals surface area contributed by atoms with Crippen LogP contribution in [0.5, 0.6) is 0 Å². The molecule has 2 heteroatoms. The van der Waals surface area contributed by atoms with Gasteiger partial charge < -0.3 is 4.42 Å². The molecule has 2 atom stereocenters. The number of aliphatic imine (C=N–C) groups is 1. The van der Waals surface area contributed by atoms with Gasteiger partial charge in [0.2, 0.25) is 0 Å². The van der Waals surface area contributed by atoms with Crippen LogP contribution in [0.15, 0.2) is 45.9 Å². The molecule has 0 bridgehead atoms. The van der Waals surface area contributed by atoms with E-state index < -0.39 is 12.8 Å². The Bertz CT molecular complexity index is 986. The van der Waals surface area contributed by atoms with Crippen molar-refractivity contribution in [1.82, 2.24) is 0 Å². The maximum absolute atomic E-state index is 8.24. The van der Waals surface area contributed by atoms with Crippen molar-refractivity contribution in [3.05, 3.63) is 47.1 Å². The standard InChI is InChI=1S/C17H15NO/c1-2-10-16-12(6-1)13-7-5-8-14(17(13)19-16)15-9-3-4-11-18-15/h1-2,4,6-7,10-11H,3,5,8-9H2/i3D,4D,9D,11D. The quantitative estimate of drug-likeness (QED) is 0.767. The van der Waals surface area contributed by atoms with Crippen LogP contribution in [-0.2, 0) is 0 Å². The van der Waals surface area contributed by atoms with Crippen molar-refractivity contribution in [2.24, 2.45) is 4.99 Å². The van der Waals surface area contributed by atoms with Crippen molar-refractivity contribution in [3.8, 4) is 0 Å². The molecule has 1 aliphatic heterocycles. The minimum Gasteiger partial charge on any atom is -0.456 e. The first-order valence-corrected chi connectivity index (χ1v) is 6.39. The second kappa shape index (κ2) is 4.23. The molecule has 19 heavy (non-hydrogen) atoms. The summed E-state index contributed by atoms with van der Waals surface area (Å²) in [7, 11) is 0. The van der Waals surface area contributed by atoms with E-state index in [0.717, 1.165) is 28.2 Å². The van der Waals surface area contributed by atoms with Crippen LogP contribution in [0, 0.1) is 0 Å². The second-order valence-corrected chi connectivity index (χ2v) is 4.65. The van der Waals surface area contributed by atoms with Crippen molar-refractivity contribution in [1.29, 1.82) is 0 Å². The predicted molar refractivity (Wildman–Crippen MR) is 78.4 cm³/mol. The lowest BCUT2D eigenvalue weighted by atomic mass is 9.96. The molecule has 4 rings (SSSR count). The molecule has 1 aliphatic carbocycles. The molecule has 2 aromatic rings. The Balaban J connectivity index is 2.03. The first-order valence-electron chi connectivity index (χ1n) is 8.55. The predicted octanol–water partition coefficient (Wildman–Crippen LogP) is 2.91. The van der Waals surface area contributed by atoms with Gasteiger partial charge in [0.1, 0.15) is 11.0 Å². The summed E-state index contributed by atoms with van der Waals surface area (Å²) in [6, 6.07) is 7.59. The average Bonchev–Trinajstić information content (AvgIpc) is 2.95. The largest absolute Gasteiger partial charge is 0.456 e. The molecule has 0 saturated carbocycles. The van der Waals surface area contributed by atoms with E-state index in [2.05, 4.69) is 11.1 Å². The smallest absolute Gasteiger partial charge is 0.140 e. The molecule has 2 heterocycles. The minimum absolute atomic E-state index is 0.193. The zero-order valence-corrected chi connectivity index (χ0v) is 10.3. The van der Waals surface area contributed by atoms with Gasteiger partial charge >= 0.3 is 0 Å². The topological polar surface area (TPSA) is 25.5 Å². The molecule has 1 aromatic heterocycles. The van der Waals surface area contributed by atoms with Crippen molar-refractivity contribution >= 4 is 28.3 Å². The van der Waals surface area contributed by atoms with Gasteiger partial charge in [-0.15, -0.1) is 0 Å². The fraction of sp³-hybridized carbons (Fsp3) is 0.235. The molecule has 2 nitrogen and oxygen atoms in total. The van der Waals surface area contributed by atoms with Crippen molar-refractivity contribution < 1.29 is 9.90 Å². The lowest BCUT2D eigenvalue weighted by Gasteiger charge is -2.12. The zero-order chi connectivity index (χ0) is 16.1. The lowest BCUT2D eigenvalue weighted by molar-refractivity contribution is 0.569. The number of hydrogen-bond acceptors (Lipinski definition) is 2. The highest BCUT2D eigenvalue weighted by molar-refractivity contribution is 6.19. The number of rotatable bonds is 1. The number of para-hydroxylation sites is 1. The Hall–Kier alpha value is -2.09. The van der Waals surface area contributed by atoms with Crippen LogP contribution < -0.4 is 10.6 Å². The van der Waals surface area contributed by atoms with Crippen LogP contribution in [0.3, 0.4) is 0 Å². The van der Waals surface area contributed by atoms with E-state index in [1.54, 1.807) is 0 Å². The SMILES string of the molecule is [2H]C1=C([2H])C([2H])C([2H])C(C2=c3oc4ccccc4c3=CCC2)=N1. The van der Waals surface area contributed by atoms with Crippen LogP contribution in [0.2, 0.25) is 0 Å². The van der Waals surface area contributed by atoms with Crippen LogP contribution in [0.25, 0.3) is 22.6 Å². The third-order valence-electron chi connectivity index (χ3n) is 3.53. The highest BCUT2D eigenvalue weighted by atomic mass is 16.3. The van der Waals surface area contributed by atoms with E-state index in [9.17, 15) is 0 Å². The van der Waals surface area contributed by atoms with Crippen LogP contribution >= 0.6 is 0 Å². The number of hydrogen-bond donors (Lipinski definition) is 0. The summed E-state index contributed by atoms with van der Waals surface area (Å²) in [6.07, 6.45) is 1.37. The van der Waals surface area contributed by atoms with Gasteiger partial charge in [0.05, 0.1) is 2.74 Å². The molecular weight excluding hydrogens is 234 g/mol. The monoisotopic (exact) mass is 253 g/mol. The van der Waals surface area contributed by atoms with Crippen molar-refractivity contribution in [3.63, 3.8) is 0 Å². The van der Waals surface area contributed by atoms with Gasteiger partial charge in [-0.2, -0.15) is 0 Å². The Labute approximate surface area is 117 Å². The Morgan fingerprint density at radius 2 is 2.26 bits per heavy atom. The third-order valence-corrected chi connectivity index (χ3v) is 3.53. The zero-order valence-electron chi connectivity index (χ0n) is 14.3. The molecule has 1 aromatic carbocycles. The van der Waals surface area contributed by atoms with Crippen LogP contribution in [0.1, 0.15) is 31.1 Å². The van der Waals surface area contributed by atoms with Gasteiger partial charge in [-0.25, -0.2) is 0 Å². The van der Waals surface area contributed by atoms with Crippen molar-refractivity contribution in [2.45, 2.75) is 25.6 Å². The molecule has 2 aliphatic rings. The number of benzene rings is 1. The van der Waals surface area contributed by atoms with E-state index in [-0.39, 0.29) is 12.2 Å². The van der Waals surface area contributed by atoms with Gasteiger partial charge in [0, 0.05) is 30.8 Å². The second-order valence-electron chi connectivity index (χ2n) is 4.65. The first kappa shape index (κ1) is 7.49. The van der Waals surface area contributed by atoms with Crippen molar-refractivity contribution in [2.75, 3.05) is 0 Å². The highest BCUT2D eigenvalue weighted by Gasteiger charge is 2.16. The van der Waals surface area contributed by atoms with Gasteiger partial charge in [-0.3, -0.25) is 4.99 Å². The van der Waals surface area contributed by atoms with E-state index in [4.69, 9.17) is 9.90 Å². The maximum Gasteiger partial charge on any atom is 0.140 e. The van der Waals surface area contributed by atoms with Gasteiger partial charge in [-0.1, -0.05) is 30.3 Å². The van der Waals surface area contributed by atoms with Gasteiger partial charge in [-0.05, 0) is 31.7 Å². The van der Waals surface area contributed by atoms with E-state index >= 15 is 0 Å². The lowest BCUT2D eigenvalue weighted by Crippen LogP contribution is -2.29. The van der Waals surface area contributed by atoms with Gasteiger partial charge in [0.25, 0.3) is 0 Å². The molecule has 0 fully saturated rings. The number of furan rings is 1. The van der Waals surface area contributed by atoms with E-state index in [1.807, 2.05) is 24.3 Å². The molecule has 0 N–H and O–H groups in total. The third kappa shape index (κ3) is 1.67. The van der Waals surface area contributed by atoms with E-state index in [1.165, 1.54) is 0 Å². The molecular formula is C17H15NO. The maximum atomic E-state index is 8.24. The molecule has 94 valence electrons. The molecule has 0 saturated heterocycles. The molecule has 0 amide bonds. The summed E-state index contributed by atoms with van der Waals surface area (Å²) in [6.45, 7) is 0. The summed E-state index contributed by atoms with van der Waals surface area (Å²) >= 11 is 0. The normalized spacial score (nSPS) is 29.9. The van der Waals surface area contributed by atoms with Gasteiger partial charge in [0.15, 0.2) is 0 Å². The first-order chi connectivity index (χ1) is 11.1. The summed E-state index contributed by atoms with van der Waals surface area (Å²) in [5, 5.41) is 2.04. The molecule has 0 spiro atoms. The Kier molecular flexibility index (Phi) is 1.67. The number of fused-ring (bicyclic) bond motifs is 3. The van der Waals surface area contributed by atoms with E-state index in [0.29, 0.717) is 17.5 Å². The number of allylic oxidation sites excluding steroid dienone is 1. The minimum atomic E-state index is -1.07. The van der Waals surface area contributed by atoms with Crippen LogP contribution in [0.4, 0.5) is 0 Å². The molecule has 2 unspecified atom stereocenters. The molecule has 0 radical (unpaired) electrons. The van der Waals surface area contributed by atoms with Crippen LogP contribution in [-0.4, -0.2) is 5.71 Å². The average molecular weight is 253 g/mol. The fourth-order valence-corrected chi connectivity index (χ4v) is 2.67. The Morgan fingerprint density at radius 3 is 3.26 bits per heavy atom.